The third kappa shape index (κ3) is 4.16. The van der Waals surface area contributed by atoms with Crippen LogP contribution in [0.2, 0.25) is 0 Å². The van der Waals surface area contributed by atoms with Crippen LogP contribution in [0.15, 0.2) is 28.8 Å². The minimum absolute atomic E-state index is 0.197. The molecule has 0 fully saturated rings. The molecule has 2 aromatic rings. The van der Waals surface area contributed by atoms with Crippen LogP contribution in [0.4, 0.5) is 13.2 Å². The first-order chi connectivity index (χ1) is 11.7. The van der Waals surface area contributed by atoms with Crippen molar-refractivity contribution in [1.82, 2.24) is 15.5 Å². The molecular formula is C16H19F3N4O2. The predicted molar refractivity (Wildman–Crippen MR) is 84.6 cm³/mol. The predicted octanol–water partition coefficient (Wildman–Crippen LogP) is 3.00. The maximum Gasteiger partial charge on any atom is 0.471 e. The summed E-state index contributed by atoms with van der Waals surface area (Å²) in [5.74, 6) is -1.91. The number of halogens is 3. The number of hydrogen-bond donors (Lipinski definition) is 2. The number of nitrogens with zero attached hydrogens (tertiary/aromatic N) is 2. The van der Waals surface area contributed by atoms with Gasteiger partial charge in [0.15, 0.2) is 0 Å². The van der Waals surface area contributed by atoms with Gasteiger partial charge >= 0.3 is 12.1 Å². The Morgan fingerprint density at radius 2 is 1.80 bits per heavy atom. The summed E-state index contributed by atoms with van der Waals surface area (Å²) in [5, 5.41) is 6.22. The number of nitrogens with two attached hydrogens (primary N) is 1. The molecule has 1 aromatic carbocycles. The smallest absolute Gasteiger partial charge is 0.345 e. The zero-order valence-corrected chi connectivity index (χ0v) is 13.9. The monoisotopic (exact) mass is 356 g/mol. The summed E-state index contributed by atoms with van der Waals surface area (Å²) >= 11 is 0. The molecule has 136 valence electrons. The Morgan fingerprint density at radius 1 is 1.20 bits per heavy atom. The van der Waals surface area contributed by atoms with Crippen LogP contribution in [0.5, 0.6) is 0 Å². The van der Waals surface area contributed by atoms with Crippen molar-refractivity contribution in [2.45, 2.75) is 38.4 Å². The Kier molecular flexibility index (Phi) is 5.46. The van der Waals surface area contributed by atoms with Crippen LogP contribution in [0.25, 0.3) is 11.4 Å². The van der Waals surface area contributed by atoms with E-state index in [1.165, 1.54) is 24.3 Å². The van der Waals surface area contributed by atoms with Crippen LogP contribution in [-0.2, 0) is 6.18 Å². The Labute approximate surface area is 142 Å². The maximum atomic E-state index is 12.5. The lowest BCUT2D eigenvalue weighted by Gasteiger charge is -2.31. The first-order valence-electron chi connectivity index (χ1n) is 7.78. The van der Waals surface area contributed by atoms with E-state index in [2.05, 4.69) is 20.0 Å². The normalized spacial score (nSPS) is 12.2. The fourth-order valence-corrected chi connectivity index (χ4v) is 2.31. The van der Waals surface area contributed by atoms with Crippen LogP contribution >= 0.6 is 0 Å². The summed E-state index contributed by atoms with van der Waals surface area (Å²) in [6.45, 7) is 4.19. The van der Waals surface area contributed by atoms with Crippen molar-refractivity contribution in [1.29, 1.82) is 0 Å². The lowest BCUT2D eigenvalue weighted by molar-refractivity contribution is -0.159. The number of carbonyl (C=O) groups is 1. The maximum absolute atomic E-state index is 12.5. The Bertz CT molecular complexity index is 713. The zero-order chi connectivity index (χ0) is 18.7. The molecule has 0 saturated heterocycles. The quantitative estimate of drug-likeness (QED) is 0.830. The van der Waals surface area contributed by atoms with E-state index in [1.54, 1.807) is 0 Å². The highest BCUT2D eigenvalue weighted by molar-refractivity contribution is 5.95. The number of alkyl halides is 3. The van der Waals surface area contributed by atoms with E-state index < -0.39 is 17.6 Å². The average molecular weight is 356 g/mol. The molecule has 0 aliphatic rings. The van der Waals surface area contributed by atoms with Gasteiger partial charge in [-0.15, -0.1) is 0 Å². The SMILES string of the molecule is CCC(CC)(CN)NC(=O)c1ccc(-c2noc(C(F)(F)F)n2)cc1. The number of hydrogen-bond acceptors (Lipinski definition) is 5. The van der Waals surface area contributed by atoms with E-state index in [0.717, 1.165) is 0 Å². The van der Waals surface area contributed by atoms with E-state index in [-0.39, 0.29) is 11.7 Å². The molecule has 0 aliphatic carbocycles. The molecular weight excluding hydrogens is 337 g/mol. The summed E-state index contributed by atoms with van der Waals surface area (Å²) in [5.41, 5.74) is 5.95. The fraction of sp³-hybridized carbons (Fsp3) is 0.438. The Balaban J connectivity index is 2.17. The summed E-state index contributed by atoms with van der Waals surface area (Å²) in [6.07, 6.45) is -3.32. The highest BCUT2D eigenvalue weighted by Crippen LogP contribution is 2.29. The zero-order valence-electron chi connectivity index (χ0n) is 13.9. The van der Waals surface area contributed by atoms with Crippen LogP contribution < -0.4 is 11.1 Å². The summed E-state index contributed by atoms with van der Waals surface area (Å²) < 4.78 is 41.6. The van der Waals surface area contributed by atoms with Crippen molar-refractivity contribution >= 4 is 5.91 Å². The fourth-order valence-electron chi connectivity index (χ4n) is 2.31. The van der Waals surface area contributed by atoms with Gasteiger partial charge in [0, 0.05) is 17.7 Å². The summed E-state index contributed by atoms with van der Waals surface area (Å²) in [6, 6.07) is 5.89. The van der Waals surface area contributed by atoms with Crippen LogP contribution in [0.3, 0.4) is 0 Å². The highest BCUT2D eigenvalue weighted by Gasteiger charge is 2.38. The third-order valence-corrected chi connectivity index (χ3v) is 4.20. The molecule has 6 nitrogen and oxygen atoms in total. The van der Waals surface area contributed by atoms with Gasteiger partial charge < -0.3 is 15.6 Å². The van der Waals surface area contributed by atoms with Gasteiger partial charge in [-0.1, -0.05) is 31.1 Å². The first kappa shape index (κ1) is 18.9. The molecule has 0 aliphatic heterocycles. The van der Waals surface area contributed by atoms with E-state index >= 15 is 0 Å². The molecule has 0 spiro atoms. The lowest BCUT2D eigenvalue weighted by Crippen LogP contribution is -2.52. The molecule has 2 rings (SSSR count). The molecule has 0 atom stereocenters. The van der Waals surface area contributed by atoms with Gasteiger partial charge in [0.2, 0.25) is 5.82 Å². The molecule has 1 aromatic heterocycles. The van der Waals surface area contributed by atoms with Crippen molar-refractivity contribution < 1.29 is 22.5 Å². The largest absolute Gasteiger partial charge is 0.471 e. The first-order valence-corrected chi connectivity index (χ1v) is 7.78. The number of rotatable bonds is 6. The third-order valence-electron chi connectivity index (χ3n) is 4.20. The van der Waals surface area contributed by atoms with Crippen LogP contribution in [0, 0.1) is 0 Å². The topological polar surface area (TPSA) is 94.0 Å². The average Bonchev–Trinajstić information content (AvgIpc) is 3.10. The van der Waals surface area contributed by atoms with Gasteiger partial charge in [-0.25, -0.2) is 0 Å². The number of amides is 1. The molecule has 3 N–H and O–H groups in total. The van der Waals surface area contributed by atoms with E-state index in [1.807, 2.05) is 13.8 Å². The lowest BCUT2D eigenvalue weighted by atomic mass is 9.92. The van der Waals surface area contributed by atoms with Crippen molar-refractivity contribution in [2.75, 3.05) is 6.54 Å². The van der Waals surface area contributed by atoms with Gasteiger partial charge in [0.05, 0.1) is 5.54 Å². The van der Waals surface area contributed by atoms with Gasteiger partial charge in [-0.3, -0.25) is 4.79 Å². The van der Waals surface area contributed by atoms with Crippen molar-refractivity contribution in [2.24, 2.45) is 5.73 Å². The molecule has 0 saturated carbocycles. The summed E-state index contributed by atoms with van der Waals surface area (Å²) in [4.78, 5) is 15.7. The van der Waals surface area contributed by atoms with Gasteiger partial charge in [0.1, 0.15) is 0 Å². The van der Waals surface area contributed by atoms with Gasteiger partial charge in [0.25, 0.3) is 5.91 Å². The minimum Gasteiger partial charge on any atom is -0.345 e. The Morgan fingerprint density at radius 3 is 2.24 bits per heavy atom. The molecule has 9 heteroatoms. The Hall–Kier alpha value is -2.42. The summed E-state index contributed by atoms with van der Waals surface area (Å²) in [7, 11) is 0. The van der Waals surface area contributed by atoms with E-state index in [4.69, 9.17) is 5.73 Å². The van der Waals surface area contributed by atoms with Crippen LogP contribution in [-0.4, -0.2) is 28.1 Å². The minimum atomic E-state index is -4.70. The molecule has 1 heterocycles. The molecule has 0 unspecified atom stereocenters. The standard InChI is InChI=1S/C16H19F3N4O2/c1-3-15(4-2,9-20)22-13(24)11-7-5-10(6-8-11)12-21-14(25-23-12)16(17,18)19/h5-8H,3-4,9,20H2,1-2H3,(H,22,24). The van der Waals surface area contributed by atoms with Gasteiger partial charge in [-0.05, 0) is 25.0 Å². The van der Waals surface area contributed by atoms with E-state index in [9.17, 15) is 18.0 Å². The second-order valence-corrected chi connectivity index (χ2v) is 5.64. The van der Waals surface area contributed by atoms with E-state index in [0.29, 0.717) is 30.5 Å². The molecule has 1 amide bonds. The van der Waals surface area contributed by atoms with Crippen LogP contribution in [0.1, 0.15) is 42.9 Å². The molecule has 0 bridgehead atoms. The van der Waals surface area contributed by atoms with Crippen molar-refractivity contribution in [3.05, 3.63) is 35.7 Å². The van der Waals surface area contributed by atoms with Crippen molar-refractivity contribution in [3.63, 3.8) is 0 Å². The molecule has 25 heavy (non-hydrogen) atoms. The van der Waals surface area contributed by atoms with Crippen molar-refractivity contribution in [3.8, 4) is 11.4 Å². The highest BCUT2D eigenvalue weighted by atomic mass is 19.4. The second kappa shape index (κ2) is 7.22. The number of carbonyl (C=O) groups excluding carboxylic acids is 1. The second-order valence-electron chi connectivity index (χ2n) is 5.64. The van der Waals surface area contributed by atoms with Gasteiger partial charge in [-0.2, -0.15) is 18.2 Å². The molecule has 0 radical (unpaired) electrons. The number of nitrogens with one attached hydrogen (secondary N) is 1. The number of benzene rings is 1. The number of aromatic nitrogens is 2.